The molecule has 1 heterocycles. The number of guanidine groups is 1. The number of likely N-dealkylation sites (tertiary alicyclic amines) is 1. The van der Waals surface area contributed by atoms with Crippen LogP contribution < -0.4 is 14.8 Å². The number of hydrogen-bond donors (Lipinski definition) is 1. The fraction of sp³-hybridized carbons (Fsp3) is 0.579. The van der Waals surface area contributed by atoms with Crippen LogP contribution in [0, 0.1) is 5.92 Å². The molecule has 1 N–H and O–H groups in total. The van der Waals surface area contributed by atoms with Crippen molar-refractivity contribution in [3.05, 3.63) is 24.3 Å². The zero-order chi connectivity index (χ0) is 18.9. The monoisotopic (exact) mass is 363 g/mol. The molecule has 2 rings (SSSR count). The van der Waals surface area contributed by atoms with Crippen LogP contribution in [-0.4, -0.2) is 63.8 Å². The van der Waals surface area contributed by atoms with E-state index >= 15 is 0 Å². The molecule has 1 unspecified atom stereocenters. The van der Waals surface area contributed by atoms with Gasteiger partial charge >= 0.3 is 5.97 Å². The Morgan fingerprint density at radius 2 is 2.00 bits per heavy atom. The zero-order valence-electron chi connectivity index (χ0n) is 16.0. The van der Waals surface area contributed by atoms with E-state index in [1.807, 2.05) is 31.2 Å². The number of piperidine rings is 1. The van der Waals surface area contributed by atoms with Gasteiger partial charge in [0.15, 0.2) is 5.96 Å². The van der Waals surface area contributed by atoms with E-state index in [0.29, 0.717) is 6.54 Å². The first-order valence-electron chi connectivity index (χ1n) is 8.91. The van der Waals surface area contributed by atoms with Crippen molar-refractivity contribution in [2.45, 2.75) is 25.9 Å². The molecule has 7 heteroatoms. The minimum Gasteiger partial charge on any atom is -0.497 e. The van der Waals surface area contributed by atoms with Crippen LogP contribution in [0.4, 0.5) is 0 Å². The third-order valence-electron chi connectivity index (χ3n) is 4.47. The molecule has 1 aliphatic rings. The molecular weight excluding hydrogens is 334 g/mol. The van der Waals surface area contributed by atoms with Gasteiger partial charge in [-0.05, 0) is 31.9 Å². The van der Waals surface area contributed by atoms with E-state index in [4.69, 9.17) is 14.2 Å². The van der Waals surface area contributed by atoms with Crippen molar-refractivity contribution in [1.29, 1.82) is 0 Å². The van der Waals surface area contributed by atoms with Gasteiger partial charge in [0.2, 0.25) is 0 Å². The Morgan fingerprint density at radius 1 is 1.31 bits per heavy atom. The van der Waals surface area contributed by atoms with Crippen molar-refractivity contribution in [3.63, 3.8) is 0 Å². The van der Waals surface area contributed by atoms with Crippen LogP contribution in [-0.2, 0) is 9.53 Å². The van der Waals surface area contributed by atoms with Crippen molar-refractivity contribution in [2.24, 2.45) is 10.9 Å². The Balaban J connectivity index is 1.80. The summed E-state index contributed by atoms with van der Waals surface area (Å²) in [6, 6.07) is 7.56. The number of esters is 1. The molecule has 0 amide bonds. The molecular formula is C19H29N3O4. The predicted octanol–water partition coefficient (Wildman–Crippen LogP) is 1.92. The van der Waals surface area contributed by atoms with E-state index in [1.54, 1.807) is 14.2 Å². The second-order valence-corrected chi connectivity index (χ2v) is 6.32. The molecule has 7 nitrogen and oxygen atoms in total. The first-order chi connectivity index (χ1) is 12.6. The summed E-state index contributed by atoms with van der Waals surface area (Å²) in [5, 5.41) is 3.35. The molecule has 1 aromatic carbocycles. The largest absolute Gasteiger partial charge is 0.497 e. The second-order valence-electron chi connectivity index (χ2n) is 6.32. The maximum atomic E-state index is 11.6. The molecule has 0 bridgehead atoms. The number of carbonyl (C=O) groups is 1. The summed E-state index contributed by atoms with van der Waals surface area (Å²) < 4.78 is 16.0. The van der Waals surface area contributed by atoms with Crippen molar-refractivity contribution in [3.8, 4) is 11.5 Å². The number of nitrogens with one attached hydrogen (secondary N) is 1. The Bertz CT molecular complexity index is 613. The Kier molecular flexibility index (Phi) is 7.56. The predicted molar refractivity (Wildman–Crippen MR) is 101 cm³/mol. The molecule has 144 valence electrons. The highest BCUT2D eigenvalue weighted by Gasteiger charge is 2.27. The minimum atomic E-state index is -0.118. The summed E-state index contributed by atoms with van der Waals surface area (Å²) in [5.74, 6) is 2.24. The van der Waals surface area contributed by atoms with Gasteiger partial charge in [0.05, 0.1) is 26.7 Å². The standard InChI is InChI=1S/C19H29N3O4/c1-14(26-17-7-5-6-16(12-17)24-3)13-21-19(20-2)22-10-8-15(9-11-22)18(23)25-4/h5-7,12,14-15H,8-11,13H2,1-4H3,(H,20,21). The summed E-state index contributed by atoms with van der Waals surface area (Å²) >= 11 is 0. The third kappa shape index (κ3) is 5.54. The SMILES string of the molecule is CN=C(NCC(C)Oc1cccc(OC)c1)N1CCC(C(=O)OC)CC1. The highest BCUT2D eigenvalue weighted by Crippen LogP contribution is 2.20. The summed E-state index contributed by atoms with van der Waals surface area (Å²) in [5.41, 5.74) is 0. The van der Waals surface area contributed by atoms with E-state index in [2.05, 4.69) is 15.2 Å². The van der Waals surface area contributed by atoms with Crippen LogP contribution in [0.25, 0.3) is 0 Å². The molecule has 1 saturated heterocycles. The lowest BCUT2D eigenvalue weighted by molar-refractivity contribution is -0.146. The Hall–Kier alpha value is -2.44. The molecule has 0 aromatic heterocycles. The number of benzene rings is 1. The van der Waals surface area contributed by atoms with Crippen LogP contribution in [0.15, 0.2) is 29.3 Å². The molecule has 0 aliphatic carbocycles. The van der Waals surface area contributed by atoms with Gasteiger partial charge in [0.25, 0.3) is 0 Å². The van der Waals surface area contributed by atoms with E-state index in [1.165, 1.54) is 7.11 Å². The van der Waals surface area contributed by atoms with Gasteiger partial charge in [-0.15, -0.1) is 0 Å². The number of rotatable bonds is 6. The molecule has 0 saturated carbocycles. The van der Waals surface area contributed by atoms with Crippen molar-refractivity contribution in [1.82, 2.24) is 10.2 Å². The first-order valence-corrected chi connectivity index (χ1v) is 8.91. The van der Waals surface area contributed by atoms with E-state index in [9.17, 15) is 4.79 Å². The lowest BCUT2D eigenvalue weighted by atomic mass is 9.97. The van der Waals surface area contributed by atoms with Crippen molar-refractivity contribution < 1.29 is 19.0 Å². The van der Waals surface area contributed by atoms with Crippen LogP contribution in [0.3, 0.4) is 0 Å². The summed E-state index contributed by atoms with van der Waals surface area (Å²) in [6.45, 7) is 4.19. The van der Waals surface area contributed by atoms with Crippen LogP contribution >= 0.6 is 0 Å². The van der Waals surface area contributed by atoms with E-state index in [-0.39, 0.29) is 18.0 Å². The average molecular weight is 363 g/mol. The highest BCUT2D eigenvalue weighted by atomic mass is 16.5. The fourth-order valence-electron chi connectivity index (χ4n) is 3.01. The van der Waals surface area contributed by atoms with Gasteiger partial charge in [-0.1, -0.05) is 6.07 Å². The van der Waals surface area contributed by atoms with Crippen molar-refractivity contribution in [2.75, 3.05) is 40.9 Å². The summed E-state index contributed by atoms with van der Waals surface area (Å²) in [6.07, 6.45) is 1.53. The third-order valence-corrected chi connectivity index (χ3v) is 4.47. The number of carbonyl (C=O) groups excluding carboxylic acids is 1. The number of ether oxygens (including phenoxy) is 3. The average Bonchev–Trinajstić information content (AvgIpc) is 2.68. The molecule has 1 aliphatic heterocycles. The molecule has 1 aromatic rings. The van der Waals surface area contributed by atoms with Gasteiger partial charge < -0.3 is 24.4 Å². The lowest BCUT2D eigenvalue weighted by Crippen LogP contribution is -2.48. The number of nitrogens with zero attached hydrogens (tertiary/aromatic N) is 2. The second kappa shape index (κ2) is 9.89. The number of hydrogen-bond acceptors (Lipinski definition) is 5. The van der Waals surface area contributed by atoms with Crippen molar-refractivity contribution >= 4 is 11.9 Å². The molecule has 26 heavy (non-hydrogen) atoms. The maximum Gasteiger partial charge on any atom is 0.308 e. The normalized spacial score (nSPS) is 16.8. The lowest BCUT2D eigenvalue weighted by Gasteiger charge is -2.33. The highest BCUT2D eigenvalue weighted by molar-refractivity contribution is 5.80. The van der Waals surface area contributed by atoms with Gasteiger partial charge in [-0.2, -0.15) is 0 Å². The Labute approximate surface area is 155 Å². The number of methoxy groups -OCH3 is 2. The smallest absolute Gasteiger partial charge is 0.308 e. The zero-order valence-corrected chi connectivity index (χ0v) is 16.0. The van der Waals surface area contributed by atoms with Gasteiger partial charge in [-0.25, -0.2) is 0 Å². The first kappa shape index (κ1) is 19.9. The van der Waals surface area contributed by atoms with Gasteiger partial charge in [-0.3, -0.25) is 9.79 Å². The minimum absolute atomic E-state index is 0.00956. The fourth-order valence-corrected chi connectivity index (χ4v) is 3.01. The van der Waals surface area contributed by atoms with Crippen LogP contribution in [0.1, 0.15) is 19.8 Å². The van der Waals surface area contributed by atoms with E-state index in [0.717, 1.165) is 43.4 Å². The number of aliphatic imine (C=N–C) groups is 1. The van der Waals surface area contributed by atoms with Crippen LogP contribution in [0.2, 0.25) is 0 Å². The quantitative estimate of drug-likeness (QED) is 0.473. The van der Waals surface area contributed by atoms with Gasteiger partial charge in [0.1, 0.15) is 17.6 Å². The van der Waals surface area contributed by atoms with E-state index < -0.39 is 0 Å². The molecule has 1 atom stereocenters. The molecule has 1 fully saturated rings. The topological polar surface area (TPSA) is 72.4 Å². The summed E-state index contributed by atoms with van der Waals surface area (Å²) in [4.78, 5) is 18.1. The molecule has 0 spiro atoms. The maximum absolute atomic E-state index is 11.6. The van der Waals surface area contributed by atoms with Gasteiger partial charge in [0, 0.05) is 26.2 Å². The van der Waals surface area contributed by atoms with Crippen LogP contribution in [0.5, 0.6) is 11.5 Å². The Morgan fingerprint density at radius 3 is 2.62 bits per heavy atom. The molecule has 0 radical (unpaired) electrons. The summed E-state index contributed by atoms with van der Waals surface area (Å²) in [7, 11) is 4.85.